The first-order valence-electron chi connectivity index (χ1n) is 9.18. The number of nitrogens with zero attached hydrogens (tertiary/aromatic N) is 3. The Hall–Kier alpha value is -2.15. The van der Waals surface area contributed by atoms with Crippen LogP contribution in [0.25, 0.3) is 11.3 Å². The van der Waals surface area contributed by atoms with E-state index in [1.54, 1.807) is 0 Å². The molecule has 0 spiro atoms. The summed E-state index contributed by atoms with van der Waals surface area (Å²) in [5, 5.41) is 3.26. The Labute approximate surface area is 155 Å². The maximum absolute atomic E-state index is 11.9. The van der Waals surface area contributed by atoms with Gasteiger partial charge in [0.2, 0.25) is 5.95 Å². The first-order chi connectivity index (χ1) is 12.5. The number of hydrogen-bond acceptors (Lipinski definition) is 6. The van der Waals surface area contributed by atoms with Crippen LogP contribution in [-0.2, 0) is 9.84 Å². The van der Waals surface area contributed by atoms with Crippen LogP contribution in [0.15, 0.2) is 36.4 Å². The monoisotopic (exact) mass is 374 g/mol. The van der Waals surface area contributed by atoms with Crippen LogP contribution in [0, 0.1) is 0 Å². The minimum atomic E-state index is -2.95. The van der Waals surface area contributed by atoms with Crippen LogP contribution in [0.4, 0.5) is 11.8 Å². The van der Waals surface area contributed by atoms with Crippen LogP contribution in [0.3, 0.4) is 0 Å². The summed E-state index contributed by atoms with van der Waals surface area (Å²) in [5.41, 5.74) is 1.86. The van der Waals surface area contributed by atoms with Gasteiger partial charge >= 0.3 is 0 Å². The average Bonchev–Trinajstić information content (AvgIpc) is 3.01. The van der Waals surface area contributed by atoms with E-state index in [9.17, 15) is 8.42 Å². The summed E-state index contributed by atoms with van der Waals surface area (Å²) in [6.07, 6.45) is 1.63. The van der Waals surface area contributed by atoms with Gasteiger partial charge < -0.3 is 10.2 Å². The van der Waals surface area contributed by atoms with Crippen molar-refractivity contribution in [3.8, 4) is 11.3 Å². The van der Waals surface area contributed by atoms with Gasteiger partial charge in [-0.25, -0.2) is 13.4 Å². The summed E-state index contributed by atoms with van der Waals surface area (Å²) in [6.45, 7) is 5.63. The van der Waals surface area contributed by atoms with Gasteiger partial charge in [0, 0.05) is 30.8 Å². The van der Waals surface area contributed by atoms with E-state index in [0.29, 0.717) is 18.9 Å². The largest absolute Gasteiger partial charge is 0.354 e. The van der Waals surface area contributed by atoms with Crippen LogP contribution < -0.4 is 10.2 Å². The van der Waals surface area contributed by atoms with E-state index in [2.05, 4.69) is 27.1 Å². The van der Waals surface area contributed by atoms with E-state index in [-0.39, 0.29) is 17.5 Å². The molecule has 2 heterocycles. The maximum atomic E-state index is 11.9. The van der Waals surface area contributed by atoms with Crippen molar-refractivity contribution in [1.82, 2.24) is 9.97 Å². The van der Waals surface area contributed by atoms with E-state index >= 15 is 0 Å². The normalized spacial score (nSPS) is 18.6. The summed E-state index contributed by atoms with van der Waals surface area (Å²) in [4.78, 5) is 11.4. The van der Waals surface area contributed by atoms with Crippen molar-refractivity contribution < 1.29 is 8.42 Å². The predicted octanol–water partition coefficient (Wildman–Crippen LogP) is 2.98. The molecular formula is C19H26N4O2S. The van der Waals surface area contributed by atoms with Gasteiger partial charge in [0.05, 0.1) is 17.2 Å². The van der Waals surface area contributed by atoms with Gasteiger partial charge in [-0.05, 0) is 19.8 Å². The smallest absolute Gasteiger partial charge is 0.225 e. The molecule has 1 aromatic carbocycles. The molecule has 3 rings (SSSR count). The first-order valence-corrected chi connectivity index (χ1v) is 11.0. The highest BCUT2D eigenvalue weighted by Gasteiger charge is 2.32. The van der Waals surface area contributed by atoms with Crippen molar-refractivity contribution in [2.75, 3.05) is 34.8 Å². The SMILES string of the molecule is CCCNc1nc(-c2ccccc2)cc(N(CC)C2CCS(=O)(=O)C2)n1. The second-order valence-corrected chi connectivity index (χ2v) is 8.80. The molecule has 1 aliphatic rings. The Morgan fingerprint density at radius 1 is 1.19 bits per heavy atom. The lowest BCUT2D eigenvalue weighted by Crippen LogP contribution is -2.37. The van der Waals surface area contributed by atoms with Gasteiger partial charge in [0.1, 0.15) is 5.82 Å². The number of nitrogens with one attached hydrogen (secondary N) is 1. The van der Waals surface area contributed by atoms with Crippen LogP contribution >= 0.6 is 0 Å². The van der Waals surface area contributed by atoms with Gasteiger partial charge in [-0.3, -0.25) is 0 Å². The first kappa shape index (κ1) is 18.6. The lowest BCUT2D eigenvalue weighted by Gasteiger charge is -2.28. The van der Waals surface area contributed by atoms with E-state index in [1.165, 1.54) is 0 Å². The number of aromatic nitrogens is 2. The summed E-state index contributed by atoms with van der Waals surface area (Å²) in [6, 6.07) is 11.9. The van der Waals surface area contributed by atoms with Crippen molar-refractivity contribution in [2.45, 2.75) is 32.7 Å². The molecule has 0 saturated carbocycles. The summed E-state index contributed by atoms with van der Waals surface area (Å²) in [7, 11) is -2.95. The highest BCUT2D eigenvalue weighted by molar-refractivity contribution is 7.91. The van der Waals surface area contributed by atoms with Gasteiger partial charge in [-0.2, -0.15) is 4.98 Å². The third-order valence-electron chi connectivity index (χ3n) is 4.60. The average molecular weight is 375 g/mol. The minimum absolute atomic E-state index is 0.0254. The molecule has 7 heteroatoms. The van der Waals surface area contributed by atoms with E-state index in [0.717, 1.165) is 30.0 Å². The number of anilines is 2. The molecule has 0 bridgehead atoms. The molecule has 1 unspecified atom stereocenters. The fourth-order valence-electron chi connectivity index (χ4n) is 3.28. The zero-order chi connectivity index (χ0) is 18.6. The molecular weight excluding hydrogens is 348 g/mol. The molecule has 1 N–H and O–H groups in total. The topological polar surface area (TPSA) is 75.2 Å². The fourth-order valence-corrected chi connectivity index (χ4v) is 5.01. The molecule has 1 atom stereocenters. The van der Waals surface area contributed by atoms with E-state index in [1.807, 2.05) is 43.3 Å². The van der Waals surface area contributed by atoms with Crippen molar-refractivity contribution in [3.05, 3.63) is 36.4 Å². The third-order valence-corrected chi connectivity index (χ3v) is 6.35. The third kappa shape index (κ3) is 4.33. The van der Waals surface area contributed by atoms with E-state index < -0.39 is 9.84 Å². The molecule has 1 aliphatic heterocycles. The Kier molecular flexibility index (Phi) is 5.76. The molecule has 6 nitrogen and oxygen atoms in total. The summed E-state index contributed by atoms with van der Waals surface area (Å²) >= 11 is 0. The van der Waals surface area contributed by atoms with Gasteiger partial charge in [-0.1, -0.05) is 37.3 Å². The molecule has 140 valence electrons. The van der Waals surface area contributed by atoms with Crippen molar-refractivity contribution >= 4 is 21.6 Å². The Bertz CT molecular complexity index is 840. The van der Waals surface area contributed by atoms with Gasteiger partial charge in [0.15, 0.2) is 9.84 Å². The fraction of sp³-hybridized carbons (Fsp3) is 0.474. The second-order valence-electron chi connectivity index (χ2n) is 6.57. The van der Waals surface area contributed by atoms with Crippen molar-refractivity contribution in [2.24, 2.45) is 0 Å². The van der Waals surface area contributed by atoms with Crippen LogP contribution in [0.2, 0.25) is 0 Å². The lowest BCUT2D eigenvalue weighted by molar-refractivity contribution is 0.599. The number of sulfone groups is 1. The Morgan fingerprint density at radius 2 is 1.96 bits per heavy atom. The second kappa shape index (κ2) is 8.03. The van der Waals surface area contributed by atoms with Gasteiger partial charge in [-0.15, -0.1) is 0 Å². The predicted molar refractivity (Wildman–Crippen MR) is 106 cm³/mol. The quantitative estimate of drug-likeness (QED) is 0.803. The van der Waals surface area contributed by atoms with Crippen LogP contribution in [0.1, 0.15) is 26.7 Å². The molecule has 0 aliphatic carbocycles. The van der Waals surface area contributed by atoms with E-state index in [4.69, 9.17) is 0 Å². The van der Waals surface area contributed by atoms with Crippen LogP contribution in [-0.4, -0.2) is 49.0 Å². The zero-order valence-electron chi connectivity index (χ0n) is 15.4. The molecule has 2 aromatic rings. The molecule has 26 heavy (non-hydrogen) atoms. The van der Waals surface area contributed by atoms with Crippen molar-refractivity contribution in [1.29, 1.82) is 0 Å². The molecule has 1 saturated heterocycles. The Balaban J connectivity index is 1.98. The lowest BCUT2D eigenvalue weighted by atomic mass is 10.1. The van der Waals surface area contributed by atoms with Gasteiger partial charge in [0.25, 0.3) is 0 Å². The molecule has 0 amide bonds. The summed E-state index contributed by atoms with van der Waals surface area (Å²) in [5.74, 6) is 1.82. The summed E-state index contributed by atoms with van der Waals surface area (Å²) < 4.78 is 23.8. The molecule has 1 fully saturated rings. The molecule has 1 aromatic heterocycles. The number of benzene rings is 1. The highest BCUT2D eigenvalue weighted by Crippen LogP contribution is 2.27. The Morgan fingerprint density at radius 3 is 2.58 bits per heavy atom. The standard InChI is InChI=1S/C19H26N4O2S/c1-3-11-20-19-21-17(15-8-6-5-7-9-15)13-18(22-19)23(4-2)16-10-12-26(24,25)14-16/h5-9,13,16H,3-4,10-12,14H2,1-2H3,(H,20,21,22). The maximum Gasteiger partial charge on any atom is 0.225 e. The number of rotatable bonds is 7. The van der Waals surface area contributed by atoms with Crippen LogP contribution in [0.5, 0.6) is 0 Å². The molecule has 0 radical (unpaired) electrons. The minimum Gasteiger partial charge on any atom is -0.354 e. The number of hydrogen-bond donors (Lipinski definition) is 1. The highest BCUT2D eigenvalue weighted by atomic mass is 32.2. The zero-order valence-corrected chi connectivity index (χ0v) is 16.2. The van der Waals surface area contributed by atoms with Crippen molar-refractivity contribution in [3.63, 3.8) is 0 Å².